The summed E-state index contributed by atoms with van der Waals surface area (Å²) in [6.45, 7) is 6.43. The van der Waals surface area contributed by atoms with Gasteiger partial charge in [0.1, 0.15) is 11.3 Å². The predicted molar refractivity (Wildman–Crippen MR) is 80.0 cm³/mol. The monoisotopic (exact) mass is 290 g/mol. The summed E-state index contributed by atoms with van der Waals surface area (Å²) in [6.07, 6.45) is 0.891. The summed E-state index contributed by atoms with van der Waals surface area (Å²) in [4.78, 5) is 12.7. The van der Waals surface area contributed by atoms with Crippen molar-refractivity contribution in [1.82, 2.24) is 0 Å². The van der Waals surface area contributed by atoms with Crippen LogP contribution in [0.15, 0.2) is 18.2 Å². The lowest BCUT2D eigenvalue weighted by Crippen LogP contribution is -2.79. The summed E-state index contributed by atoms with van der Waals surface area (Å²) in [6, 6.07) is 4.99. The molecule has 3 unspecified atom stereocenters. The van der Waals surface area contributed by atoms with Gasteiger partial charge in [0.25, 0.3) is 0 Å². The highest BCUT2D eigenvalue weighted by molar-refractivity contribution is 6.00. The number of fused-ring (bicyclic) bond motifs is 1. The molecule has 2 aliphatic rings. The fourth-order valence-electron chi connectivity index (χ4n) is 3.81. The SMILES string of the molecule is Cc1cc(NC(=O)C2(N)C3CCOC3C2(C)C)ccc1O. The topological polar surface area (TPSA) is 84.6 Å². The number of hydrogen-bond donors (Lipinski definition) is 3. The molecule has 0 spiro atoms. The maximum atomic E-state index is 12.7. The smallest absolute Gasteiger partial charge is 0.245 e. The van der Waals surface area contributed by atoms with E-state index in [1.165, 1.54) is 0 Å². The minimum Gasteiger partial charge on any atom is -0.508 e. The van der Waals surface area contributed by atoms with Crippen LogP contribution in [0.5, 0.6) is 5.75 Å². The van der Waals surface area contributed by atoms with Gasteiger partial charge in [0.2, 0.25) is 5.91 Å². The van der Waals surface area contributed by atoms with E-state index in [2.05, 4.69) is 5.32 Å². The Bertz CT molecular complexity index is 599. The van der Waals surface area contributed by atoms with Crippen molar-refractivity contribution in [2.45, 2.75) is 38.8 Å². The molecule has 1 aliphatic heterocycles. The Morgan fingerprint density at radius 2 is 2.19 bits per heavy atom. The van der Waals surface area contributed by atoms with E-state index in [4.69, 9.17) is 10.5 Å². The summed E-state index contributed by atoms with van der Waals surface area (Å²) >= 11 is 0. The first-order valence-electron chi connectivity index (χ1n) is 7.30. The number of nitrogens with one attached hydrogen (secondary N) is 1. The Kier molecular flexibility index (Phi) is 3.04. The minimum atomic E-state index is -0.917. The molecule has 5 nitrogen and oxygen atoms in total. The first kappa shape index (κ1) is 14.4. The van der Waals surface area contributed by atoms with Crippen LogP contribution in [0.1, 0.15) is 25.8 Å². The van der Waals surface area contributed by atoms with Gasteiger partial charge in [0, 0.05) is 23.6 Å². The lowest BCUT2D eigenvalue weighted by atomic mass is 9.48. The number of benzene rings is 1. The molecule has 0 aromatic heterocycles. The molecule has 21 heavy (non-hydrogen) atoms. The number of anilines is 1. The van der Waals surface area contributed by atoms with Crippen LogP contribution < -0.4 is 11.1 Å². The van der Waals surface area contributed by atoms with Gasteiger partial charge in [0.15, 0.2) is 0 Å². The fourth-order valence-corrected chi connectivity index (χ4v) is 3.81. The van der Waals surface area contributed by atoms with Crippen molar-refractivity contribution >= 4 is 11.6 Å². The zero-order chi connectivity index (χ0) is 15.4. The van der Waals surface area contributed by atoms with Crippen LogP contribution >= 0.6 is 0 Å². The van der Waals surface area contributed by atoms with Crippen LogP contribution in [0.2, 0.25) is 0 Å². The first-order chi connectivity index (χ1) is 9.78. The molecule has 1 aromatic rings. The molecule has 4 N–H and O–H groups in total. The van der Waals surface area contributed by atoms with E-state index in [0.29, 0.717) is 17.9 Å². The Labute approximate surface area is 124 Å². The van der Waals surface area contributed by atoms with E-state index in [0.717, 1.165) is 6.42 Å². The van der Waals surface area contributed by atoms with Crippen LogP contribution in [0, 0.1) is 18.3 Å². The third-order valence-corrected chi connectivity index (χ3v) is 5.28. The highest BCUT2D eigenvalue weighted by Crippen LogP contribution is 2.58. The number of phenols is 1. The number of hydrogen-bond acceptors (Lipinski definition) is 4. The summed E-state index contributed by atoms with van der Waals surface area (Å²) in [5, 5.41) is 12.4. The molecule has 3 atom stereocenters. The molecule has 0 radical (unpaired) electrons. The van der Waals surface area contributed by atoms with E-state index in [9.17, 15) is 9.90 Å². The number of ether oxygens (including phenoxy) is 1. The second-order valence-electron chi connectivity index (χ2n) is 6.73. The van der Waals surface area contributed by atoms with Gasteiger partial charge in [0.05, 0.1) is 6.10 Å². The highest BCUT2D eigenvalue weighted by atomic mass is 16.5. The van der Waals surface area contributed by atoms with E-state index >= 15 is 0 Å². The van der Waals surface area contributed by atoms with Crippen LogP contribution in [0.25, 0.3) is 0 Å². The normalized spacial score (nSPS) is 33.1. The number of carbonyl (C=O) groups excluding carboxylic acids is 1. The minimum absolute atomic E-state index is 0.0646. The molecule has 0 bridgehead atoms. The van der Waals surface area contributed by atoms with Crippen LogP contribution in [-0.2, 0) is 9.53 Å². The molecule has 1 amide bonds. The second-order valence-corrected chi connectivity index (χ2v) is 6.73. The average molecular weight is 290 g/mol. The lowest BCUT2D eigenvalue weighted by Gasteiger charge is -2.60. The molecule has 114 valence electrons. The van der Waals surface area contributed by atoms with Gasteiger partial charge < -0.3 is 20.9 Å². The van der Waals surface area contributed by atoms with Crippen LogP contribution in [-0.4, -0.2) is 29.3 Å². The Morgan fingerprint density at radius 1 is 1.48 bits per heavy atom. The number of aryl methyl sites for hydroxylation is 1. The Hall–Kier alpha value is -1.59. The first-order valence-corrected chi connectivity index (χ1v) is 7.30. The molecule has 1 aliphatic carbocycles. The van der Waals surface area contributed by atoms with Gasteiger partial charge in [-0.05, 0) is 37.1 Å². The molecule has 3 rings (SSSR count). The van der Waals surface area contributed by atoms with Crippen molar-refractivity contribution in [2.75, 3.05) is 11.9 Å². The molecule has 1 saturated heterocycles. The quantitative estimate of drug-likeness (QED) is 0.725. The van der Waals surface area contributed by atoms with Crippen LogP contribution in [0.3, 0.4) is 0 Å². The predicted octanol–water partition coefficient (Wildman–Crippen LogP) is 1.78. The molecule has 5 heteroatoms. The maximum absolute atomic E-state index is 12.7. The summed E-state index contributed by atoms with van der Waals surface area (Å²) in [5.41, 5.74) is 6.55. The summed E-state index contributed by atoms with van der Waals surface area (Å²) < 4.78 is 5.70. The number of phenolic OH excluding ortho intramolecular Hbond substituents is 1. The molecule has 1 heterocycles. The summed E-state index contributed by atoms with van der Waals surface area (Å²) in [7, 11) is 0. The van der Waals surface area contributed by atoms with E-state index < -0.39 is 5.54 Å². The number of amides is 1. The maximum Gasteiger partial charge on any atom is 0.245 e. The molecular formula is C16H22N2O3. The zero-order valence-electron chi connectivity index (χ0n) is 12.6. The van der Waals surface area contributed by atoms with Gasteiger partial charge >= 0.3 is 0 Å². The van der Waals surface area contributed by atoms with Crippen molar-refractivity contribution in [1.29, 1.82) is 0 Å². The van der Waals surface area contributed by atoms with E-state index in [1.807, 2.05) is 13.8 Å². The third-order valence-electron chi connectivity index (χ3n) is 5.28. The van der Waals surface area contributed by atoms with Crippen molar-refractivity contribution in [3.8, 4) is 5.75 Å². The van der Waals surface area contributed by atoms with Crippen molar-refractivity contribution in [2.24, 2.45) is 17.1 Å². The lowest BCUT2D eigenvalue weighted by molar-refractivity contribution is -0.170. The average Bonchev–Trinajstić information content (AvgIpc) is 2.90. The number of rotatable bonds is 2. The van der Waals surface area contributed by atoms with Crippen molar-refractivity contribution < 1.29 is 14.6 Å². The van der Waals surface area contributed by atoms with Gasteiger partial charge in [-0.1, -0.05) is 13.8 Å². The van der Waals surface area contributed by atoms with E-state index in [1.54, 1.807) is 25.1 Å². The number of aromatic hydroxyl groups is 1. The Morgan fingerprint density at radius 3 is 2.86 bits per heavy atom. The highest BCUT2D eigenvalue weighted by Gasteiger charge is 2.71. The van der Waals surface area contributed by atoms with Gasteiger partial charge in [-0.2, -0.15) is 0 Å². The Balaban J connectivity index is 1.83. The fraction of sp³-hybridized carbons (Fsp3) is 0.562. The number of nitrogens with two attached hydrogens (primary N) is 1. The van der Waals surface area contributed by atoms with Gasteiger partial charge in [-0.25, -0.2) is 0 Å². The largest absolute Gasteiger partial charge is 0.508 e. The second kappa shape index (κ2) is 4.45. The van der Waals surface area contributed by atoms with Crippen molar-refractivity contribution in [3.63, 3.8) is 0 Å². The molecular weight excluding hydrogens is 268 g/mol. The molecule has 1 saturated carbocycles. The third kappa shape index (κ3) is 1.80. The summed E-state index contributed by atoms with van der Waals surface area (Å²) in [5.74, 6) is 0.110. The zero-order valence-corrected chi connectivity index (χ0v) is 12.6. The van der Waals surface area contributed by atoms with Crippen molar-refractivity contribution in [3.05, 3.63) is 23.8 Å². The number of carbonyl (C=O) groups is 1. The van der Waals surface area contributed by atoms with Crippen LogP contribution in [0.4, 0.5) is 5.69 Å². The molecule has 2 fully saturated rings. The van der Waals surface area contributed by atoms with Gasteiger partial charge in [-0.15, -0.1) is 0 Å². The van der Waals surface area contributed by atoms with Gasteiger partial charge in [-0.3, -0.25) is 4.79 Å². The standard InChI is InChI=1S/C16H22N2O3/c1-9-8-10(4-5-12(9)19)18-14(20)16(17)11-6-7-21-13(11)15(16,2)3/h4-5,8,11,13,19H,6-7,17H2,1-3H3,(H,18,20). The van der Waals surface area contributed by atoms with E-state index in [-0.39, 0.29) is 29.1 Å². The molecule has 1 aromatic carbocycles.